The Kier molecular flexibility index (Phi) is 3.70. The van der Waals surface area contributed by atoms with E-state index >= 15 is 0 Å². The van der Waals surface area contributed by atoms with Gasteiger partial charge in [-0.3, -0.25) is 0 Å². The third-order valence-electron chi connectivity index (χ3n) is 2.42. The lowest BCUT2D eigenvalue weighted by atomic mass is 10.2. The number of hydrogen-bond donors (Lipinski definition) is 1. The second kappa shape index (κ2) is 5.09. The number of halogens is 3. The summed E-state index contributed by atoms with van der Waals surface area (Å²) >= 11 is 1.84. The van der Waals surface area contributed by atoms with E-state index in [0.29, 0.717) is 14.8 Å². The van der Waals surface area contributed by atoms with Gasteiger partial charge in [0.25, 0.3) is 0 Å². The van der Waals surface area contributed by atoms with Crippen LogP contribution in [0.2, 0.25) is 0 Å². The van der Waals surface area contributed by atoms with Crippen LogP contribution in [-0.4, -0.2) is 0 Å². The van der Waals surface area contributed by atoms with E-state index in [4.69, 9.17) is 10.5 Å². The Bertz CT molecular complexity index is 602. The molecule has 2 aromatic rings. The van der Waals surface area contributed by atoms with Crippen molar-refractivity contribution in [3.63, 3.8) is 0 Å². The number of benzene rings is 2. The number of nitrogens with two attached hydrogens (primary N) is 1. The fourth-order valence-corrected chi connectivity index (χ4v) is 1.89. The van der Waals surface area contributed by atoms with Gasteiger partial charge in [-0.15, -0.1) is 0 Å². The fraction of sp³-hybridized carbons (Fsp3) is 0.0769. The van der Waals surface area contributed by atoms with Crippen molar-refractivity contribution in [2.24, 2.45) is 0 Å². The largest absolute Gasteiger partial charge is 0.455 e. The van der Waals surface area contributed by atoms with Gasteiger partial charge in [0.1, 0.15) is 17.4 Å². The molecule has 0 aliphatic rings. The minimum absolute atomic E-state index is 0.177. The van der Waals surface area contributed by atoms with Crippen LogP contribution in [-0.2, 0) is 0 Å². The van der Waals surface area contributed by atoms with E-state index in [1.54, 1.807) is 19.1 Å². The van der Waals surface area contributed by atoms with Crippen molar-refractivity contribution in [3.05, 3.63) is 51.1 Å². The molecule has 0 saturated heterocycles. The number of rotatable bonds is 2. The third kappa shape index (κ3) is 2.72. The van der Waals surface area contributed by atoms with E-state index in [0.717, 1.165) is 0 Å². The molecule has 2 aromatic carbocycles. The van der Waals surface area contributed by atoms with Crippen molar-refractivity contribution in [2.75, 3.05) is 5.73 Å². The van der Waals surface area contributed by atoms with E-state index in [1.807, 2.05) is 22.6 Å². The summed E-state index contributed by atoms with van der Waals surface area (Å²) < 4.78 is 32.5. The van der Waals surface area contributed by atoms with Crippen LogP contribution in [0.4, 0.5) is 14.5 Å². The van der Waals surface area contributed by atoms with Gasteiger partial charge in [0.15, 0.2) is 5.75 Å². The maximum Gasteiger partial charge on any atom is 0.153 e. The summed E-state index contributed by atoms with van der Waals surface area (Å²) in [5, 5.41) is 0. The number of anilines is 1. The zero-order valence-electron chi connectivity index (χ0n) is 9.51. The van der Waals surface area contributed by atoms with Gasteiger partial charge in [0, 0.05) is 12.1 Å². The molecule has 94 valence electrons. The molecule has 0 amide bonds. The molecule has 18 heavy (non-hydrogen) atoms. The summed E-state index contributed by atoms with van der Waals surface area (Å²) in [7, 11) is 0. The van der Waals surface area contributed by atoms with Crippen LogP contribution in [0.3, 0.4) is 0 Å². The number of hydrogen-bond acceptors (Lipinski definition) is 2. The smallest absolute Gasteiger partial charge is 0.153 e. The molecular weight excluding hydrogens is 351 g/mol. The lowest BCUT2D eigenvalue weighted by molar-refractivity contribution is 0.472. The molecular formula is C13H10F2INO. The van der Waals surface area contributed by atoms with E-state index in [-0.39, 0.29) is 17.3 Å². The number of nitrogen functional groups attached to an aromatic ring is 1. The second-order valence-corrected chi connectivity index (χ2v) is 4.98. The molecule has 0 atom stereocenters. The van der Waals surface area contributed by atoms with Crippen molar-refractivity contribution >= 4 is 28.3 Å². The van der Waals surface area contributed by atoms with Crippen molar-refractivity contribution < 1.29 is 13.5 Å². The molecule has 0 aliphatic heterocycles. The molecule has 2 nitrogen and oxygen atoms in total. The van der Waals surface area contributed by atoms with Crippen molar-refractivity contribution in [1.82, 2.24) is 0 Å². The lowest BCUT2D eigenvalue weighted by Crippen LogP contribution is -1.95. The standard InChI is InChI=1S/C13H10F2INO/c1-7-2-3-8(4-9(7)14)18-13-5-10(15)11(16)6-12(13)17/h2-6H,17H2,1H3. The van der Waals surface area contributed by atoms with Gasteiger partial charge in [-0.1, -0.05) is 6.07 Å². The number of aryl methyl sites for hydroxylation is 1. The molecule has 2 rings (SSSR count). The Hall–Kier alpha value is -1.37. The Morgan fingerprint density at radius 2 is 1.83 bits per heavy atom. The molecule has 0 spiro atoms. The molecule has 0 fully saturated rings. The average molecular weight is 361 g/mol. The minimum atomic E-state index is -0.424. The summed E-state index contributed by atoms with van der Waals surface area (Å²) in [5.74, 6) is -0.342. The van der Waals surface area contributed by atoms with E-state index in [9.17, 15) is 8.78 Å². The van der Waals surface area contributed by atoms with E-state index in [1.165, 1.54) is 18.2 Å². The normalized spacial score (nSPS) is 10.4. The molecule has 0 aromatic heterocycles. The minimum Gasteiger partial charge on any atom is -0.455 e. The summed E-state index contributed by atoms with van der Waals surface area (Å²) in [6.07, 6.45) is 0. The van der Waals surface area contributed by atoms with Gasteiger partial charge >= 0.3 is 0 Å². The summed E-state index contributed by atoms with van der Waals surface area (Å²) in [4.78, 5) is 0. The SMILES string of the molecule is Cc1ccc(Oc2cc(F)c(I)cc2N)cc1F. The Balaban J connectivity index is 2.34. The van der Waals surface area contributed by atoms with Crippen molar-refractivity contribution in [2.45, 2.75) is 6.92 Å². The van der Waals surface area contributed by atoms with Crippen LogP contribution in [0, 0.1) is 22.1 Å². The third-order valence-corrected chi connectivity index (χ3v) is 3.25. The van der Waals surface area contributed by atoms with Crippen LogP contribution in [0.15, 0.2) is 30.3 Å². The van der Waals surface area contributed by atoms with Gasteiger partial charge in [0.2, 0.25) is 0 Å². The Labute approximate surface area is 117 Å². The van der Waals surface area contributed by atoms with Gasteiger partial charge in [-0.25, -0.2) is 8.78 Å². The topological polar surface area (TPSA) is 35.2 Å². The Morgan fingerprint density at radius 1 is 1.11 bits per heavy atom. The maximum absolute atomic E-state index is 13.4. The quantitative estimate of drug-likeness (QED) is 0.641. The van der Waals surface area contributed by atoms with E-state index in [2.05, 4.69) is 0 Å². The Morgan fingerprint density at radius 3 is 2.50 bits per heavy atom. The second-order valence-electron chi connectivity index (χ2n) is 3.82. The van der Waals surface area contributed by atoms with Crippen LogP contribution in [0.25, 0.3) is 0 Å². The van der Waals surface area contributed by atoms with E-state index < -0.39 is 5.82 Å². The molecule has 2 N–H and O–H groups in total. The molecule has 5 heteroatoms. The highest BCUT2D eigenvalue weighted by Crippen LogP contribution is 2.31. The van der Waals surface area contributed by atoms with Crippen LogP contribution in [0.5, 0.6) is 11.5 Å². The van der Waals surface area contributed by atoms with Gasteiger partial charge in [-0.05, 0) is 47.2 Å². The molecule has 0 heterocycles. The van der Waals surface area contributed by atoms with Gasteiger partial charge < -0.3 is 10.5 Å². The average Bonchev–Trinajstić information content (AvgIpc) is 2.31. The van der Waals surface area contributed by atoms with Crippen LogP contribution >= 0.6 is 22.6 Å². The predicted octanol–water partition coefficient (Wildman–Crippen LogP) is 4.25. The summed E-state index contributed by atoms with van der Waals surface area (Å²) in [6.45, 7) is 1.65. The molecule has 0 radical (unpaired) electrons. The first kappa shape index (κ1) is 13.1. The molecule has 0 saturated carbocycles. The zero-order valence-corrected chi connectivity index (χ0v) is 11.7. The summed E-state index contributed by atoms with van der Waals surface area (Å²) in [5.41, 5.74) is 6.54. The highest BCUT2D eigenvalue weighted by atomic mass is 127. The molecule has 0 bridgehead atoms. The van der Waals surface area contributed by atoms with Crippen molar-refractivity contribution in [1.29, 1.82) is 0 Å². The monoisotopic (exact) mass is 361 g/mol. The first-order chi connectivity index (χ1) is 8.47. The van der Waals surface area contributed by atoms with Crippen LogP contribution in [0.1, 0.15) is 5.56 Å². The van der Waals surface area contributed by atoms with Crippen molar-refractivity contribution in [3.8, 4) is 11.5 Å². The highest BCUT2D eigenvalue weighted by Gasteiger charge is 2.09. The first-order valence-corrected chi connectivity index (χ1v) is 6.24. The zero-order chi connectivity index (χ0) is 13.3. The molecule has 0 aliphatic carbocycles. The predicted molar refractivity (Wildman–Crippen MR) is 74.7 cm³/mol. The first-order valence-electron chi connectivity index (χ1n) is 5.16. The number of ether oxygens (including phenoxy) is 1. The fourth-order valence-electron chi connectivity index (χ4n) is 1.40. The summed E-state index contributed by atoms with van der Waals surface area (Å²) in [6, 6.07) is 7.09. The van der Waals surface area contributed by atoms with Gasteiger partial charge in [0.05, 0.1) is 9.26 Å². The van der Waals surface area contributed by atoms with Gasteiger partial charge in [-0.2, -0.15) is 0 Å². The highest BCUT2D eigenvalue weighted by molar-refractivity contribution is 14.1. The maximum atomic E-state index is 13.4. The molecule has 0 unspecified atom stereocenters. The lowest BCUT2D eigenvalue weighted by Gasteiger charge is -2.10. The van der Waals surface area contributed by atoms with Crippen LogP contribution < -0.4 is 10.5 Å².